The summed E-state index contributed by atoms with van der Waals surface area (Å²) in [7, 11) is 0. The van der Waals surface area contributed by atoms with E-state index in [2.05, 4.69) is 34.3 Å². The molecule has 2 amide bonds. The minimum Gasteiger partial charge on any atom is -0.465 e. The van der Waals surface area contributed by atoms with E-state index in [0.717, 1.165) is 56.3 Å². The standard InChI is InChI=1S/C30H40N4O5/c1-4-22-7-6-8-23(17-22)24-18-27(32-21(3)35)29(31-19-24)30(37)34-15-11-26(12-16-34)39-25-9-13-33(14-10-25)20-28(36)38-5-2/h6-8,17-19,25-26H,4-5,9-16,20H2,1-3H3,(H,32,35). The number of aryl methyl sites for hydroxylation is 1. The van der Waals surface area contributed by atoms with Gasteiger partial charge in [-0.15, -0.1) is 0 Å². The molecule has 2 saturated heterocycles. The number of ether oxygens (including phenoxy) is 2. The van der Waals surface area contributed by atoms with E-state index in [0.29, 0.717) is 31.9 Å². The van der Waals surface area contributed by atoms with Crippen molar-refractivity contribution in [2.24, 2.45) is 0 Å². The minimum atomic E-state index is -0.245. The number of likely N-dealkylation sites (tertiary alicyclic amines) is 2. The van der Waals surface area contributed by atoms with E-state index in [9.17, 15) is 14.4 Å². The third-order valence-corrected chi connectivity index (χ3v) is 7.38. The van der Waals surface area contributed by atoms with Crippen molar-refractivity contribution < 1.29 is 23.9 Å². The smallest absolute Gasteiger partial charge is 0.320 e. The topological polar surface area (TPSA) is 101 Å². The number of aromatic nitrogens is 1. The normalized spacial score (nSPS) is 17.2. The Balaban J connectivity index is 1.33. The molecule has 210 valence electrons. The molecule has 9 heteroatoms. The van der Waals surface area contributed by atoms with Crippen molar-refractivity contribution in [1.82, 2.24) is 14.8 Å². The molecule has 1 aromatic carbocycles. The van der Waals surface area contributed by atoms with Crippen LogP contribution in [0.4, 0.5) is 5.69 Å². The molecular weight excluding hydrogens is 496 g/mol. The van der Waals surface area contributed by atoms with Crippen molar-refractivity contribution in [1.29, 1.82) is 0 Å². The van der Waals surface area contributed by atoms with Gasteiger partial charge in [-0.05, 0) is 56.2 Å². The van der Waals surface area contributed by atoms with Gasteiger partial charge in [0.1, 0.15) is 0 Å². The molecule has 2 fully saturated rings. The lowest BCUT2D eigenvalue weighted by Gasteiger charge is -2.37. The van der Waals surface area contributed by atoms with Gasteiger partial charge < -0.3 is 19.7 Å². The number of hydrogen-bond donors (Lipinski definition) is 1. The van der Waals surface area contributed by atoms with Crippen LogP contribution in [0.25, 0.3) is 11.1 Å². The summed E-state index contributed by atoms with van der Waals surface area (Å²) in [4.78, 5) is 45.5. The predicted molar refractivity (Wildman–Crippen MR) is 149 cm³/mol. The van der Waals surface area contributed by atoms with E-state index < -0.39 is 0 Å². The molecule has 0 bridgehead atoms. The minimum absolute atomic E-state index is 0.103. The fourth-order valence-corrected chi connectivity index (χ4v) is 5.26. The fourth-order valence-electron chi connectivity index (χ4n) is 5.26. The number of carbonyl (C=O) groups is 3. The van der Waals surface area contributed by atoms with Gasteiger partial charge in [0.05, 0.1) is 31.0 Å². The van der Waals surface area contributed by atoms with Crippen LogP contribution < -0.4 is 5.32 Å². The third-order valence-electron chi connectivity index (χ3n) is 7.38. The molecule has 0 spiro atoms. The van der Waals surface area contributed by atoms with Crippen molar-refractivity contribution in [2.45, 2.75) is 65.1 Å². The lowest BCUT2D eigenvalue weighted by Crippen LogP contribution is -2.44. The third kappa shape index (κ3) is 7.86. The zero-order valence-electron chi connectivity index (χ0n) is 23.3. The Morgan fingerprint density at radius 2 is 1.67 bits per heavy atom. The number of anilines is 1. The number of piperidine rings is 2. The Labute approximate surface area is 230 Å². The van der Waals surface area contributed by atoms with Gasteiger partial charge in [0.2, 0.25) is 5.91 Å². The van der Waals surface area contributed by atoms with E-state index >= 15 is 0 Å². The molecule has 2 aliphatic rings. The number of carbonyl (C=O) groups excluding carboxylic acids is 3. The van der Waals surface area contributed by atoms with Gasteiger partial charge >= 0.3 is 5.97 Å². The molecule has 1 N–H and O–H groups in total. The molecule has 3 heterocycles. The number of rotatable bonds is 9. The van der Waals surface area contributed by atoms with Crippen molar-refractivity contribution in [3.05, 3.63) is 47.8 Å². The number of esters is 1. The number of nitrogens with zero attached hydrogens (tertiary/aromatic N) is 3. The molecule has 4 rings (SSSR count). The molecule has 39 heavy (non-hydrogen) atoms. The second-order valence-electron chi connectivity index (χ2n) is 10.3. The quantitative estimate of drug-likeness (QED) is 0.485. The van der Waals surface area contributed by atoms with Gasteiger partial charge in [-0.3, -0.25) is 19.3 Å². The lowest BCUT2D eigenvalue weighted by atomic mass is 10.0. The van der Waals surface area contributed by atoms with Gasteiger partial charge in [0.15, 0.2) is 5.69 Å². The number of hydrogen-bond acceptors (Lipinski definition) is 7. The molecule has 0 aliphatic carbocycles. The number of pyridine rings is 1. The van der Waals surface area contributed by atoms with Crippen LogP contribution in [0.5, 0.6) is 0 Å². The van der Waals surface area contributed by atoms with Crippen molar-refractivity contribution in [3.63, 3.8) is 0 Å². The average molecular weight is 537 g/mol. The summed E-state index contributed by atoms with van der Waals surface area (Å²) in [6.07, 6.45) is 6.18. The average Bonchev–Trinajstić information content (AvgIpc) is 2.94. The zero-order chi connectivity index (χ0) is 27.8. The van der Waals surface area contributed by atoms with Crippen molar-refractivity contribution in [3.8, 4) is 11.1 Å². The second-order valence-corrected chi connectivity index (χ2v) is 10.3. The van der Waals surface area contributed by atoms with E-state index in [1.165, 1.54) is 12.5 Å². The van der Waals surface area contributed by atoms with Gasteiger partial charge in [0, 0.05) is 44.9 Å². The SMILES string of the molecule is CCOC(=O)CN1CCC(OC2CCN(C(=O)c3ncc(-c4cccc(CC)c4)cc3NC(C)=O)CC2)CC1. The molecular formula is C30H40N4O5. The van der Waals surface area contributed by atoms with Crippen molar-refractivity contribution >= 4 is 23.5 Å². The van der Waals surface area contributed by atoms with Crippen LogP contribution in [0, 0.1) is 0 Å². The van der Waals surface area contributed by atoms with E-state index in [1.807, 2.05) is 25.1 Å². The number of nitrogens with one attached hydrogen (secondary N) is 1. The maximum Gasteiger partial charge on any atom is 0.320 e. The summed E-state index contributed by atoms with van der Waals surface area (Å²) in [5, 5.41) is 2.81. The first-order valence-electron chi connectivity index (χ1n) is 14.1. The molecule has 2 aliphatic heterocycles. The fraction of sp³-hybridized carbons (Fsp3) is 0.533. The maximum atomic E-state index is 13.4. The van der Waals surface area contributed by atoms with Gasteiger partial charge in [-0.25, -0.2) is 4.98 Å². The van der Waals surface area contributed by atoms with Crippen LogP contribution in [-0.4, -0.2) is 84.1 Å². The first kappa shape index (κ1) is 28.7. The van der Waals surface area contributed by atoms with Gasteiger partial charge in [-0.1, -0.05) is 31.2 Å². The first-order chi connectivity index (χ1) is 18.9. The Hall–Kier alpha value is -3.30. The number of amides is 2. The summed E-state index contributed by atoms with van der Waals surface area (Å²) in [6.45, 7) is 8.88. The van der Waals surface area contributed by atoms with E-state index in [4.69, 9.17) is 9.47 Å². The highest BCUT2D eigenvalue weighted by molar-refractivity contribution is 6.02. The van der Waals surface area contributed by atoms with Crippen molar-refractivity contribution in [2.75, 3.05) is 44.6 Å². The summed E-state index contributed by atoms with van der Waals surface area (Å²) < 4.78 is 11.4. The highest BCUT2D eigenvalue weighted by Crippen LogP contribution is 2.27. The molecule has 9 nitrogen and oxygen atoms in total. The van der Waals surface area contributed by atoms with Crippen LogP contribution in [0.1, 0.15) is 62.5 Å². The van der Waals surface area contributed by atoms with Gasteiger partial charge in [-0.2, -0.15) is 0 Å². The van der Waals surface area contributed by atoms with Crippen LogP contribution in [-0.2, 0) is 25.5 Å². The predicted octanol–water partition coefficient (Wildman–Crippen LogP) is 3.92. The Bertz CT molecular complexity index is 1150. The molecule has 0 atom stereocenters. The number of benzene rings is 1. The Morgan fingerprint density at radius 3 is 2.31 bits per heavy atom. The highest BCUT2D eigenvalue weighted by atomic mass is 16.5. The Morgan fingerprint density at radius 1 is 0.974 bits per heavy atom. The summed E-state index contributed by atoms with van der Waals surface area (Å²) in [6, 6.07) is 10.0. The summed E-state index contributed by atoms with van der Waals surface area (Å²) >= 11 is 0. The lowest BCUT2D eigenvalue weighted by molar-refractivity contribution is -0.145. The van der Waals surface area contributed by atoms with Gasteiger partial charge in [0.25, 0.3) is 5.91 Å². The summed E-state index contributed by atoms with van der Waals surface area (Å²) in [5.74, 6) is -0.602. The molecule has 1 aromatic heterocycles. The zero-order valence-corrected chi connectivity index (χ0v) is 23.3. The monoisotopic (exact) mass is 536 g/mol. The van der Waals surface area contributed by atoms with E-state index in [1.54, 1.807) is 11.1 Å². The molecule has 2 aromatic rings. The molecule has 0 saturated carbocycles. The second kappa shape index (κ2) is 13.7. The van der Waals surface area contributed by atoms with Crippen LogP contribution >= 0.6 is 0 Å². The van der Waals surface area contributed by atoms with Crippen LogP contribution in [0.2, 0.25) is 0 Å². The van der Waals surface area contributed by atoms with E-state index in [-0.39, 0.29) is 35.7 Å². The largest absolute Gasteiger partial charge is 0.465 e. The summed E-state index contributed by atoms with van der Waals surface area (Å²) in [5.41, 5.74) is 3.75. The van der Waals surface area contributed by atoms with Crippen LogP contribution in [0.3, 0.4) is 0 Å². The maximum absolute atomic E-state index is 13.4. The Kier molecular flexibility index (Phi) is 10.1. The van der Waals surface area contributed by atoms with Crippen LogP contribution in [0.15, 0.2) is 36.5 Å². The highest BCUT2D eigenvalue weighted by Gasteiger charge is 2.30. The first-order valence-corrected chi connectivity index (χ1v) is 14.1. The molecule has 0 radical (unpaired) electrons. The molecule has 0 unspecified atom stereocenters.